The number of allylic oxidation sites excluding steroid dienone is 1. The maximum atomic E-state index is 12.5. The van der Waals surface area contributed by atoms with Crippen LogP contribution in [0, 0.1) is 11.3 Å². The summed E-state index contributed by atoms with van der Waals surface area (Å²) in [6.45, 7) is 0. The molecule has 6 heteroatoms. The van der Waals surface area contributed by atoms with Gasteiger partial charge >= 0.3 is 0 Å². The van der Waals surface area contributed by atoms with Crippen molar-refractivity contribution in [2.75, 3.05) is 14.1 Å². The van der Waals surface area contributed by atoms with E-state index in [9.17, 15) is 14.9 Å². The van der Waals surface area contributed by atoms with Gasteiger partial charge in [-0.2, -0.15) is 5.26 Å². The average Bonchev–Trinajstić information content (AvgIpc) is 2.76. The summed E-state index contributed by atoms with van der Waals surface area (Å²) in [5.74, 6) is -1.20. The molecule has 0 spiro atoms. The van der Waals surface area contributed by atoms with Crippen molar-refractivity contribution >= 4 is 11.8 Å². The molecule has 1 aromatic rings. The smallest absolute Gasteiger partial charge is 0.277 e. The number of hydrogen-bond donors (Lipinski definition) is 1. The van der Waals surface area contributed by atoms with Crippen molar-refractivity contribution in [1.82, 2.24) is 9.80 Å². The molecule has 2 heterocycles. The van der Waals surface area contributed by atoms with E-state index >= 15 is 0 Å². The van der Waals surface area contributed by atoms with Crippen molar-refractivity contribution in [3.8, 4) is 6.07 Å². The van der Waals surface area contributed by atoms with E-state index in [1.165, 1.54) is 11.9 Å². The molecule has 3 rings (SSSR count). The van der Waals surface area contributed by atoms with Crippen LogP contribution in [-0.2, 0) is 9.59 Å². The minimum Gasteiger partial charge on any atom is -0.384 e. The van der Waals surface area contributed by atoms with Gasteiger partial charge in [-0.25, -0.2) is 0 Å². The van der Waals surface area contributed by atoms with Crippen LogP contribution in [0.2, 0.25) is 0 Å². The Hall–Kier alpha value is -3.07. The van der Waals surface area contributed by atoms with E-state index in [2.05, 4.69) is 6.07 Å². The second-order valence-electron chi connectivity index (χ2n) is 5.25. The van der Waals surface area contributed by atoms with Gasteiger partial charge in [-0.15, -0.1) is 0 Å². The Morgan fingerprint density at radius 2 is 1.73 bits per heavy atom. The van der Waals surface area contributed by atoms with Gasteiger partial charge in [0.2, 0.25) is 0 Å². The molecule has 6 nitrogen and oxygen atoms in total. The largest absolute Gasteiger partial charge is 0.384 e. The summed E-state index contributed by atoms with van der Waals surface area (Å²) in [6, 6.07) is 11.2. The monoisotopic (exact) mass is 294 g/mol. The lowest BCUT2D eigenvalue weighted by Gasteiger charge is -2.30. The highest BCUT2D eigenvalue weighted by molar-refractivity contribution is 6.20. The first-order valence-electron chi connectivity index (χ1n) is 6.74. The summed E-state index contributed by atoms with van der Waals surface area (Å²) in [5.41, 5.74) is 7.64. The first kappa shape index (κ1) is 13.9. The third-order valence-electron chi connectivity index (χ3n) is 4.10. The highest BCUT2D eigenvalue weighted by atomic mass is 16.2. The molecule has 1 aromatic carbocycles. The van der Waals surface area contributed by atoms with E-state index in [0.717, 1.165) is 10.5 Å². The Labute approximate surface area is 127 Å². The van der Waals surface area contributed by atoms with E-state index in [1.54, 1.807) is 7.05 Å². The van der Waals surface area contributed by atoms with Gasteiger partial charge in [-0.05, 0) is 5.56 Å². The van der Waals surface area contributed by atoms with E-state index < -0.39 is 11.8 Å². The first-order valence-corrected chi connectivity index (χ1v) is 6.74. The number of nitriles is 1. The minimum absolute atomic E-state index is 0.201. The van der Waals surface area contributed by atoms with Gasteiger partial charge in [-0.3, -0.25) is 14.5 Å². The van der Waals surface area contributed by atoms with Gasteiger partial charge in [0.1, 0.15) is 11.5 Å². The average molecular weight is 294 g/mol. The van der Waals surface area contributed by atoms with Crippen molar-refractivity contribution in [2.24, 2.45) is 5.73 Å². The molecule has 2 aliphatic heterocycles. The number of rotatable bonds is 1. The Balaban J connectivity index is 2.29. The number of nitrogens with two attached hydrogens (primary N) is 1. The fourth-order valence-electron chi connectivity index (χ4n) is 2.93. The van der Waals surface area contributed by atoms with Crippen LogP contribution >= 0.6 is 0 Å². The molecule has 0 aliphatic carbocycles. The van der Waals surface area contributed by atoms with Crippen molar-refractivity contribution < 1.29 is 9.59 Å². The summed E-state index contributed by atoms with van der Waals surface area (Å²) < 4.78 is 0. The highest BCUT2D eigenvalue weighted by Crippen LogP contribution is 2.43. The zero-order chi connectivity index (χ0) is 16.0. The number of benzene rings is 1. The van der Waals surface area contributed by atoms with E-state index in [0.29, 0.717) is 5.57 Å². The highest BCUT2D eigenvalue weighted by Gasteiger charge is 2.47. The summed E-state index contributed by atoms with van der Waals surface area (Å²) in [5, 5.41) is 9.50. The van der Waals surface area contributed by atoms with Crippen molar-refractivity contribution in [3.63, 3.8) is 0 Å². The van der Waals surface area contributed by atoms with Crippen molar-refractivity contribution in [3.05, 3.63) is 58.6 Å². The molecular formula is C16H14N4O2. The zero-order valence-corrected chi connectivity index (χ0v) is 12.2. The van der Waals surface area contributed by atoms with Gasteiger partial charge in [0.05, 0.1) is 23.1 Å². The fourth-order valence-corrected chi connectivity index (χ4v) is 2.93. The molecule has 2 aliphatic rings. The maximum Gasteiger partial charge on any atom is 0.277 e. The zero-order valence-electron chi connectivity index (χ0n) is 12.2. The topological polar surface area (TPSA) is 90.4 Å². The lowest BCUT2D eigenvalue weighted by molar-refractivity contribution is -0.136. The molecule has 2 amide bonds. The third kappa shape index (κ3) is 1.66. The minimum atomic E-state index is -0.612. The Kier molecular flexibility index (Phi) is 2.99. The molecule has 0 radical (unpaired) electrons. The van der Waals surface area contributed by atoms with E-state index in [4.69, 9.17) is 5.73 Å². The molecule has 2 N–H and O–H groups in total. The molecule has 0 bridgehead atoms. The quantitative estimate of drug-likeness (QED) is 0.768. The van der Waals surface area contributed by atoms with Crippen LogP contribution < -0.4 is 5.73 Å². The molecule has 22 heavy (non-hydrogen) atoms. The van der Waals surface area contributed by atoms with E-state index in [1.807, 2.05) is 30.3 Å². The standard InChI is InChI=1S/C16H14N4O2/c1-19-13-12(15(21)20(2)16(13)22)11(10(8-17)14(19)18)9-6-4-3-5-7-9/h3-7,11H,18H2,1-2H3. The summed E-state index contributed by atoms with van der Waals surface area (Å²) in [6.07, 6.45) is 0. The number of carbonyl (C=O) groups is 2. The number of likely N-dealkylation sites (N-methyl/N-ethyl adjacent to an activating group) is 2. The number of imide groups is 1. The first-order chi connectivity index (χ1) is 10.5. The number of amides is 2. The van der Waals surface area contributed by atoms with Crippen LogP contribution in [0.4, 0.5) is 0 Å². The predicted octanol–water partition coefficient (Wildman–Crippen LogP) is 0.662. The number of nitrogens with zero attached hydrogens (tertiary/aromatic N) is 3. The summed E-state index contributed by atoms with van der Waals surface area (Å²) in [7, 11) is 3.02. The van der Waals surface area contributed by atoms with Gasteiger partial charge in [-0.1, -0.05) is 30.3 Å². The van der Waals surface area contributed by atoms with Gasteiger partial charge in [0, 0.05) is 14.1 Å². The van der Waals surface area contributed by atoms with Crippen LogP contribution in [0.1, 0.15) is 11.5 Å². The van der Waals surface area contributed by atoms with Crippen LogP contribution in [0.3, 0.4) is 0 Å². The third-order valence-corrected chi connectivity index (χ3v) is 4.10. The van der Waals surface area contributed by atoms with Crippen molar-refractivity contribution in [2.45, 2.75) is 5.92 Å². The summed E-state index contributed by atoms with van der Waals surface area (Å²) >= 11 is 0. The Morgan fingerprint density at radius 3 is 2.32 bits per heavy atom. The van der Waals surface area contributed by atoms with Crippen LogP contribution in [-0.4, -0.2) is 35.7 Å². The SMILES string of the molecule is CN1C(=O)C2=C(C1=O)N(C)C(N)=C(C#N)C2c1ccccc1. The van der Waals surface area contributed by atoms with E-state index in [-0.39, 0.29) is 23.0 Å². The Morgan fingerprint density at radius 1 is 1.09 bits per heavy atom. The molecule has 0 fully saturated rings. The van der Waals surface area contributed by atoms with Crippen LogP contribution in [0.25, 0.3) is 0 Å². The number of hydrogen-bond acceptors (Lipinski definition) is 5. The molecule has 1 unspecified atom stereocenters. The van der Waals surface area contributed by atoms with Crippen LogP contribution in [0.15, 0.2) is 53.0 Å². The van der Waals surface area contributed by atoms with Crippen LogP contribution in [0.5, 0.6) is 0 Å². The lowest BCUT2D eigenvalue weighted by Crippen LogP contribution is -2.34. The molecular weight excluding hydrogens is 280 g/mol. The predicted molar refractivity (Wildman–Crippen MR) is 78.6 cm³/mol. The number of carbonyl (C=O) groups excluding carboxylic acids is 2. The summed E-state index contributed by atoms with van der Waals surface area (Å²) in [4.78, 5) is 27.3. The molecule has 1 atom stereocenters. The van der Waals surface area contributed by atoms with Gasteiger partial charge < -0.3 is 10.6 Å². The molecule has 0 saturated heterocycles. The van der Waals surface area contributed by atoms with Gasteiger partial charge in [0.25, 0.3) is 11.8 Å². The van der Waals surface area contributed by atoms with Crippen molar-refractivity contribution in [1.29, 1.82) is 5.26 Å². The second-order valence-corrected chi connectivity index (χ2v) is 5.25. The fraction of sp³-hybridized carbons (Fsp3) is 0.188. The molecule has 110 valence electrons. The Bertz CT molecular complexity index is 786. The molecule has 0 saturated carbocycles. The lowest BCUT2D eigenvalue weighted by atomic mass is 9.82. The normalized spacial score (nSPS) is 21.4. The molecule has 0 aromatic heterocycles. The van der Waals surface area contributed by atoms with Gasteiger partial charge in [0.15, 0.2) is 0 Å². The maximum absolute atomic E-state index is 12.5. The second kappa shape index (κ2) is 4.74.